The first-order valence-corrected chi connectivity index (χ1v) is 13.1. The normalized spacial score (nSPS) is 14.3. The number of nitrogens with zero attached hydrogens (tertiary/aromatic N) is 2. The van der Waals surface area contributed by atoms with Crippen molar-refractivity contribution in [3.63, 3.8) is 0 Å². The van der Waals surface area contributed by atoms with Crippen molar-refractivity contribution in [2.75, 3.05) is 7.11 Å². The Morgan fingerprint density at radius 3 is 2.61 bits per heavy atom. The van der Waals surface area contributed by atoms with Gasteiger partial charge in [0.05, 0.1) is 33.8 Å². The molecule has 1 aliphatic heterocycles. The van der Waals surface area contributed by atoms with Gasteiger partial charge >= 0.3 is 0 Å². The van der Waals surface area contributed by atoms with Gasteiger partial charge in [-0.15, -0.1) is 0 Å². The van der Waals surface area contributed by atoms with E-state index in [1.165, 1.54) is 7.11 Å². The summed E-state index contributed by atoms with van der Waals surface area (Å²) in [6.45, 7) is 0.247. The second-order valence-electron chi connectivity index (χ2n) is 7.60. The molecule has 3 aromatic rings. The minimum atomic E-state index is -0.404. The van der Waals surface area contributed by atoms with E-state index in [-0.39, 0.29) is 18.4 Å². The molecular formula is C26H17Cl2IN2O4S. The van der Waals surface area contributed by atoms with Crippen LogP contribution < -0.4 is 9.47 Å². The molecule has 1 fully saturated rings. The lowest BCUT2D eigenvalue weighted by molar-refractivity contribution is -0.123. The quantitative estimate of drug-likeness (QED) is 0.197. The lowest BCUT2D eigenvalue weighted by atomic mass is 10.1. The van der Waals surface area contributed by atoms with Crippen LogP contribution in [0.25, 0.3) is 6.08 Å². The van der Waals surface area contributed by atoms with Crippen molar-refractivity contribution in [2.24, 2.45) is 0 Å². The molecule has 0 spiro atoms. The summed E-state index contributed by atoms with van der Waals surface area (Å²) >= 11 is 15.1. The highest BCUT2D eigenvalue weighted by Crippen LogP contribution is 2.38. The molecule has 0 radical (unpaired) electrons. The molecule has 36 heavy (non-hydrogen) atoms. The highest BCUT2D eigenvalue weighted by atomic mass is 127. The number of rotatable bonds is 7. The Balaban J connectivity index is 1.55. The first-order chi connectivity index (χ1) is 17.3. The zero-order valence-electron chi connectivity index (χ0n) is 18.8. The Morgan fingerprint density at radius 2 is 1.89 bits per heavy atom. The fourth-order valence-corrected chi connectivity index (χ4v) is 5.56. The maximum absolute atomic E-state index is 13.0. The summed E-state index contributed by atoms with van der Waals surface area (Å²) in [6.07, 6.45) is 1.65. The van der Waals surface area contributed by atoms with Crippen LogP contribution in [0, 0.1) is 14.9 Å². The van der Waals surface area contributed by atoms with E-state index in [1.807, 2.05) is 18.2 Å². The van der Waals surface area contributed by atoms with Gasteiger partial charge < -0.3 is 9.47 Å². The van der Waals surface area contributed by atoms with Gasteiger partial charge in [-0.1, -0.05) is 47.5 Å². The Kier molecular flexibility index (Phi) is 8.46. The number of halogens is 3. The van der Waals surface area contributed by atoms with Crippen LogP contribution in [0.1, 0.15) is 22.3 Å². The van der Waals surface area contributed by atoms with E-state index in [1.54, 1.807) is 42.5 Å². The number of carbonyl (C=O) groups is 2. The average molecular weight is 651 g/mol. The lowest BCUT2D eigenvalue weighted by Crippen LogP contribution is -2.27. The molecule has 4 rings (SSSR count). The number of ether oxygens (including phenoxy) is 2. The number of thioether (sulfide) groups is 1. The molecule has 10 heteroatoms. The van der Waals surface area contributed by atoms with Crippen molar-refractivity contribution in [1.29, 1.82) is 5.26 Å². The van der Waals surface area contributed by atoms with Crippen molar-refractivity contribution in [1.82, 2.24) is 4.90 Å². The third-order valence-corrected chi connectivity index (χ3v) is 7.57. The van der Waals surface area contributed by atoms with Crippen molar-refractivity contribution in [3.8, 4) is 17.6 Å². The van der Waals surface area contributed by atoms with E-state index in [4.69, 9.17) is 32.7 Å². The standard InChI is InChI=1S/C26H17Cl2IN2O4S/c1-34-22-9-15(8-21(29)24(22)35-14-18-5-3-2-4-16(18)12-30)10-23-25(32)31(26(33)36-23)13-17-6-7-19(27)11-20(17)28/h2-11H,13-14H2,1H3/b23-10+. The molecule has 0 atom stereocenters. The van der Waals surface area contributed by atoms with Gasteiger partial charge in [0.15, 0.2) is 11.5 Å². The Morgan fingerprint density at radius 1 is 1.11 bits per heavy atom. The van der Waals surface area contributed by atoms with E-state index in [0.717, 1.165) is 25.8 Å². The van der Waals surface area contributed by atoms with Crippen molar-refractivity contribution < 1.29 is 19.1 Å². The summed E-state index contributed by atoms with van der Waals surface area (Å²) in [5.41, 5.74) is 2.60. The second kappa shape index (κ2) is 11.6. The predicted octanol–water partition coefficient (Wildman–Crippen LogP) is 7.29. The van der Waals surface area contributed by atoms with Crippen molar-refractivity contribution in [3.05, 3.63) is 95.4 Å². The molecule has 0 saturated carbocycles. The number of hydrogen-bond acceptors (Lipinski definition) is 6. The fraction of sp³-hybridized carbons (Fsp3) is 0.115. The van der Waals surface area contributed by atoms with Gasteiger partial charge in [0.2, 0.25) is 0 Å². The summed E-state index contributed by atoms with van der Waals surface area (Å²) in [5.74, 6) is 0.585. The number of amides is 2. The summed E-state index contributed by atoms with van der Waals surface area (Å²) in [5, 5.41) is 9.78. The molecule has 0 N–H and O–H groups in total. The number of carbonyl (C=O) groups excluding carboxylic acids is 2. The maximum atomic E-state index is 13.0. The molecule has 1 aliphatic rings. The number of nitriles is 1. The highest BCUT2D eigenvalue weighted by molar-refractivity contribution is 14.1. The molecule has 1 heterocycles. The van der Waals surface area contributed by atoms with Gasteiger partial charge in [-0.2, -0.15) is 5.26 Å². The summed E-state index contributed by atoms with van der Waals surface area (Å²) < 4.78 is 12.3. The number of benzene rings is 3. The molecule has 182 valence electrons. The van der Waals surface area contributed by atoms with Crippen LogP contribution in [0.4, 0.5) is 4.79 Å². The molecule has 1 saturated heterocycles. The molecule has 0 aromatic heterocycles. The van der Waals surface area contributed by atoms with Crippen LogP contribution in [0.15, 0.2) is 59.5 Å². The van der Waals surface area contributed by atoms with Gasteiger partial charge in [0.1, 0.15) is 6.61 Å². The number of hydrogen-bond donors (Lipinski definition) is 0. The predicted molar refractivity (Wildman–Crippen MR) is 149 cm³/mol. The SMILES string of the molecule is COc1cc(/C=C2/SC(=O)N(Cc3ccc(Cl)cc3Cl)C2=O)cc(I)c1OCc1ccccc1C#N. The summed E-state index contributed by atoms with van der Waals surface area (Å²) in [7, 11) is 1.52. The van der Waals surface area contributed by atoms with Crippen LogP contribution in [0.5, 0.6) is 11.5 Å². The van der Waals surface area contributed by atoms with E-state index >= 15 is 0 Å². The monoisotopic (exact) mass is 650 g/mol. The summed E-state index contributed by atoms with van der Waals surface area (Å²) in [6, 6.07) is 17.9. The minimum Gasteiger partial charge on any atom is -0.493 e. The molecule has 0 aliphatic carbocycles. The van der Waals surface area contributed by atoms with Gasteiger partial charge in [0, 0.05) is 15.6 Å². The van der Waals surface area contributed by atoms with Crippen molar-refractivity contribution in [2.45, 2.75) is 13.2 Å². The minimum absolute atomic E-state index is 0.0514. The number of imide groups is 1. The zero-order valence-corrected chi connectivity index (χ0v) is 23.2. The first kappa shape index (κ1) is 26.4. The van der Waals surface area contributed by atoms with E-state index in [0.29, 0.717) is 43.1 Å². The largest absolute Gasteiger partial charge is 0.493 e. The molecular weight excluding hydrogens is 634 g/mol. The van der Waals surface area contributed by atoms with Crippen LogP contribution in [-0.4, -0.2) is 23.2 Å². The molecule has 3 aromatic carbocycles. The number of methoxy groups -OCH3 is 1. The summed E-state index contributed by atoms with van der Waals surface area (Å²) in [4.78, 5) is 27.0. The molecule has 0 unspecified atom stereocenters. The van der Waals surface area contributed by atoms with E-state index in [2.05, 4.69) is 28.7 Å². The second-order valence-corrected chi connectivity index (χ2v) is 10.6. The Bertz CT molecular complexity index is 1440. The topological polar surface area (TPSA) is 79.6 Å². The van der Waals surface area contributed by atoms with Crippen molar-refractivity contribution >= 4 is 74.8 Å². The third kappa shape index (κ3) is 5.81. The van der Waals surface area contributed by atoms with Gasteiger partial charge in [-0.05, 0) is 81.9 Å². The first-order valence-electron chi connectivity index (χ1n) is 10.5. The highest BCUT2D eigenvalue weighted by Gasteiger charge is 2.35. The molecule has 6 nitrogen and oxygen atoms in total. The average Bonchev–Trinajstić information content (AvgIpc) is 3.12. The van der Waals surface area contributed by atoms with Gasteiger partial charge in [0.25, 0.3) is 11.1 Å². The van der Waals surface area contributed by atoms with Crippen LogP contribution in [0.2, 0.25) is 10.0 Å². The van der Waals surface area contributed by atoms with E-state index in [9.17, 15) is 14.9 Å². The lowest BCUT2D eigenvalue weighted by Gasteiger charge is -2.15. The van der Waals surface area contributed by atoms with Crippen LogP contribution >= 0.6 is 57.6 Å². The zero-order chi connectivity index (χ0) is 25.8. The smallest absolute Gasteiger partial charge is 0.293 e. The third-order valence-electron chi connectivity index (χ3n) is 5.28. The van der Waals surface area contributed by atoms with E-state index < -0.39 is 5.91 Å². The van der Waals surface area contributed by atoms with Crippen LogP contribution in [-0.2, 0) is 17.9 Å². The fourth-order valence-electron chi connectivity index (χ4n) is 3.48. The Labute approximate surface area is 235 Å². The van der Waals surface area contributed by atoms with Crippen LogP contribution in [0.3, 0.4) is 0 Å². The molecule has 0 bridgehead atoms. The van der Waals surface area contributed by atoms with Gasteiger partial charge in [-0.3, -0.25) is 14.5 Å². The Hall–Kier alpha value is -2.71. The molecule has 2 amide bonds. The maximum Gasteiger partial charge on any atom is 0.293 e. The van der Waals surface area contributed by atoms with Gasteiger partial charge in [-0.25, -0.2) is 0 Å².